The number of aryl methyl sites for hydroxylation is 3. The Morgan fingerprint density at radius 1 is 1.69 bits per heavy atom. The minimum absolute atomic E-state index is 0.153. The van der Waals surface area contributed by atoms with Crippen molar-refractivity contribution in [3.8, 4) is 0 Å². The molecular formula is C9H14N2O2. The second kappa shape index (κ2) is 4.07. The van der Waals surface area contributed by atoms with Crippen LogP contribution in [0.2, 0.25) is 0 Å². The van der Waals surface area contributed by atoms with Crippen LogP contribution in [0.3, 0.4) is 0 Å². The number of nitrogens with zero attached hydrogens (tertiary/aromatic N) is 2. The quantitative estimate of drug-likeness (QED) is 0.755. The van der Waals surface area contributed by atoms with Crippen molar-refractivity contribution in [3.05, 3.63) is 17.7 Å². The summed E-state index contributed by atoms with van der Waals surface area (Å²) in [6, 6.07) is 0. The van der Waals surface area contributed by atoms with Crippen LogP contribution in [0.4, 0.5) is 0 Å². The predicted octanol–water partition coefficient (Wildman–Crippen LogP) is 1.000. The predicted molar refractivity (Wildman–Crippen MR) is 48.5 cm³/mol. The smallest absolute Gasteiger partial charge is 0.303 e. The number of hydrogen-bond donors (Lipinski definition) is 1. The van der Waals surface area contributed by atoms with Crippen LogP contribution in [-0.2, 0) is 24.7 Å². The Labute approximate surface area is 77.2 Å². The van der Waals surface area contributed by atoms with E-state index in [9.17, 15) is 4.79 Å². The molecule has 0 saturated carbocycles. The van der Waals surface area contributed by atoms with Gasteiger partial charge in [-0.25, -0.2) is 4.98 Å². The summed E-state index contributed by atoms with van der Waals surface area (Å²) in [5.41, 5.74) is 0.863. The summed E-state index contributed by atoms with van der Waals surface area (Å²) in [7, 11) is 1.93. The van der Waals surface area contributed by atoms with E-state index in [1.54, 1.807) is 0 Å². The fourth-order valence-corrected chi connectivity index (χ4v) is 1.26. The van der Waals surface area contributed by atoms with Gasteiger partial charge in [0.25, 0.3) is 0 Å². The van der Waals surface area contributed by atoms with Crippen LogP contribution in [0.25, 0.3) is 0 Å². The Bertz CT molecular complexity index is 305. The van der Waals surface area contributed by atoms with Gasteiger partial charge in [-0.15, -0.1) is 0 Å². The van der Waals surface area contributed by atoms with Crippen molar-refractivity contribution in [1.82, 2.24) is 9.55 Å². The number of imidazole rings is 1. The van der Waals surface area contributed by atoms with Crippen LogP contribution < -0.4 is 0 Å². The lowest BCUT2D eigenvalue weighted by Crippen LogP contribution is -1.97. The number of aliphatic carboxylic acids is 1. The Morgan fingerprint density at radius 3 is 2.85 bits per heavy atom. The third-order valence-corrected chi connectivity index (χ3v) is 1.93. The Balaban J connectivity index is 2.62. The van der Waals surface area contributed by atoms with Gasteiger partial charge in [-0.3, -0.25) is 4.79 Å². The highest BCUT2D eigenvalue weighted by atomic mass is 16.4. The SMILES string of the molecule is CCc1nc(CCC(=O)O)cn1C. The molecule has 0 saturated heterocycles. The van der Waals surface area contributed by atoms with Crippen molar-refractivity contribution in [2.75, 3.05) is 0 Å². The van der Waals surface area contributed by atoms with Crippen LogP contribution in [0, 0.1) is 0 Å². The molecule has 0 unspecified atom stereocenters. The van der Waals surface area contributed by atoms with E-state index in [0.717, 1.165) is 17.9 Å². The third-order valence-electron chi connectivity index (χ3n) is 1.93. The number of carboxylic acid groups (broad SMARTS) is 1. The van der Waals surface area contributed by atoms with E-state index in [2.05, 4.69) is 4.98 Å². The van der Waals surface area contributed by atoms with E-state index in [1.807, 2.05) is 24.7 Å². The lowest BCUT2D eigenvalue weighted by molar-refractivity contribution is -0.136. The number of hydrogen-bond acceptors (Lipinski definition) is 2. The minimum atomic E-state index is -0.774. The van der Waals surface area contributed by atoms with Gasteiger partial charge in [-0.2, -0.15) is 0 Å². The topological polar surface area (TPSA) is 55.1 Å². The second-order valence-corrected chi connectivity index (χ2v) is 3.01. The first kappa shape index (κ1) is 9.77. The molecule has 13 heavy (non-hydrogen) atoms. The van der Waals surface area contributed by atoms with Crippen LogP contribution in [0.5, 0.6) is 0 Å². The van der Waals surface area contributed by atoms with Gasteiger partial charge in [0.1, 0.15) is 5.82 Å². The summed E-state index contributed by atoms with van der Waals surface area (Å²) in [6.07, 6.45) is 3.44. The van der Waals surface area contributed by atoms with Gasteiger partial charge in [-0.1, -0.05) is 6.92 Å². The molecular weight excluding hydrogens is 168 g/mol. The van der Waals surface area contributed by atoms with Gasteiger partial charge in [0.2, 0.25) is 0 Å². The molecule has 4 nitrogen and oxygen atoms in total. The lowest BCUT2D eigenvalue weighted by atomic mass is 10.2. The lowest BCUT2D eigenvalue weighted by Gasteiger charge is -1.92. The molecule has 4 heteroatoms. The molecule has 1 N–H and O–H groups in total. The maximum atomic E-state index is 10.3. The van der Waals surface area contributed by atoms with Crippen LogP contribution in [0.15, 0.2) is 6.20 Å². The van der Waals surface area contributed by atoms with Crippen molar-refractivity contribution in [3.63, 3.8) is 0 Å². The largest absolute Gasteiger partial charge is 0.481 e. The molecule has 1 aromatic rings. The van der Waals surface area contributed by atoms with Crippen molar-refractivity contribution in [2.45, 2.75) is 26.2 Å². The monoisotopic (exact) mass is 182 g/mol. The van der Waals surface area contributed by atoms with Crippen molar-refractivity contribution < 1.29 is 9.90 Å². The summed E-state index contributed by atoms with van der Waals surface area (Å²) in [5.74, 6) is 0.226. The molecule has 0 aliphatic carbocycles. The zero-order chi connectivity index (χ0) is 9.84. The van der Waals surface area contributed by atoms with Crippen molar-refractivity contribution >= 4 is 5.97 Å². The van der Waals surface area contributed by atoms with E-state index in [-0.39, 0.29) is 6.42 Å². The molecule has 0 fully saturated rings. The number of aromatic nitrogens is 2. The zero-order valence-electron chi connectivity index (χ0n) is 7.95. The first-order valence-electron chi connectivity index (χ1n) is 4.36. The number of carbonyl (C=O) groups is 1. The van der Waals surface area contributed by atoms with Gasteiger partial charge in [0, 0.05) is 26.1 Å². The van der Waals surface area contributed by atoms with Crippen LogP contribution >= 0.6 is 0 Å². The normalized spacial score (nSPS) is 10.3. The molecule has 0 atom stereocenters. The van der Waals surface area contributed by atoms with Crippen LogP contribution in [0.1, 0.15) is 24.9 Å². The fourth-order valence-electron chi connectivity index (χ4n) is 1.26. The Hall–Kier alpha value is -1.32. The fraction of sp³-hybridized carbons (Fsp3) is 0.556. The van der Waals surface area contributed by atoms with Crippen LogP contribution in [-0.4, -0.2) is 20.6 Å². The molecule has 0 spiro atoms. The number of carboxylic acids is 1. The third kappa shape index (κ3) is 2.57. The average Bonchev–Trinajstić information content (AvgIpc) is 2.43. The average molecular weight is 182 g/mol. The molecule has 0 aromatic carbocycles. The zero-order valence-corrected chi connectivity index (χ0v) is 7.95. The molecule has 0 radical (unpaired) electrons. The Morgan fingerprint density at radius 2 is 2.38 bits per heavy atom. The highest BCUT2D eigenvalue weighted by Crippen LogP contribution is 2.04. The summed E-state index contributed by atoms with van der Waals surface area (Å²) < 4.78 is 1.94. The highest BCUT2D eigenvalue weighted by molar-refractivity contribution is 5.66. The van der Waals surface area contributed by atoms with Gasteiger partial charge in [0.05, 0.1) is 12.1 Å². The summed E-state index contributed by atoms with van der Waals surface area (Å²) in [5, 5.41) is 8.47. The molecule has 0 aliphatic rings. The maximum absolute atomic E-state index is 10.3. The molecule has 1 rings (SSSR count). The molecule has 0 aliphatic heterocycles. The molecule has 0 amide bonds. The van der Waals surface area contributed by atoms with Gasteiger partial charge in [-0.05, 0) is 0 Å². The van der Waals surface area contributed by atoms with Crippen molar-refractivity contribution in [2.24, 2.45) is 7.05 Å². The minimum Gasteiger partial charge on any atom is -0.481 e. The first-order valence-corrected chi connectivity index (χ1v) is 4.36. The summed E-state index contributed by atoms with van der Waals surface area (Å²) in [4.78, 5) is 14.6. The van der Waals surface area contributed by atoms with Crippen molar-refractivity contribution in [1.29, 1.82) is 0 Å². The molecule has 0 bridgehead atoms. The molecule has 1 heterocycles. The van der Waals surface area contributed by atoms with E-state index in [4.69, 9.17) is 5.11 Å². The maximum Gasteiger partial charge on any atom is 0.303 e. The van der Waals surface area contributed by atoms with E-state index >= 15 is 0 Å². The Kier molecular flexibility index (Phi) is 3.06. The second-order valence-electron chi connectivity index (χ2n) is 3.01. The van der Waals surface area contributed by atoms with E-state index < -0.39 is 5.97 Å². The van der Waals surface area contributed by atoms with E-state index in [0.29, 0.717) is 6.42 Å². The summed E-state index contributed by atoms with van der Waals surface area (Å²) >= 11 is 0. The first-order chi connectivity index (χ1) is 6.13. The number of rotatable bonds is 4. The standard InChI is InChI=1S/C9H14N2O2/c1-3-8-10-7(6-11(8)2)4-5-9(12)13/h6H,3-5H2,1-2H3,(H,12,13). The van der Waals surface area contributed by atoms with Gasteiger partial charge in [0.15, 0.2) is 0 Å². The van der Waals surface area contributed by atoms with Gasteiger partial charge >= 0.3 is 5.97 Å². The van der Waals surface area contributed by atoms with E-state index in [1.165, 1.54) is 0 Å². The summed E-state index contributed by atoms with van der Waals surface area (Å²) in [6.45, 7) is 2.03. The molecule has 72 valence electrons. The highest BCUT2D eigenvalue weighted by Gasteiger charge is 2.04. The van der Waals surface area contributed by atoms with Gasteiger partial charge < -0.3 is 9.67 Å². The molecule has 1 aromatic heterocycles.